The zero-order valence-electron chi connectivity index (χ0n) is 13.0. The third-order valence-electron chi connectivity index (χ3n) is 3.70. The zero-order chi connectivity index (χ0) is 16.1. The number of nitrogens with one attached hydrogen (secondary N) is 1. The maximum absolute atomic E-state index is 12.4. The lowest BCUT2D eigenvalue weighted by molar-refractivity contribution is -0.122. The summed E-state index contributed by atoms with van der Waals surface area (Å²) in [6, 6.07) is 23.4. The lowest BCUT2D eigenvalue weighted by atomic mass is 10.1. The van der Waals surface area contributed by atoms with Crippen molar-refractivity contribution in [2.45, 2.75) is 19.4 Å². The number of hydrogen-bond acceptors (Lipinski definition) is 2. The van der Waals surface area contributed by atoms with E-state index in [2.05, 4.69) is 5.32 Å². The molecule has 3 rings (SSSR count). The molecule has 3 heteroatoms. The van der Waals surface area contributed by atoms with Gasteiger partial charge in [0.05, 0.1) is 0 Å². The van der Waals surface area contributed by atoms with E-state index in [1.165, 1.54) is 0 Å². The van der Waals surface area contributed by atoms with E-state index < -0.39 is 6.10 Å². The number of anilines is 1. The lowest BCUT2D eigenvalue weighted by Gasteiger charge is -2.17. The third kappa shape index (κ3) is 3.69. The molecule has 3 aromatic carbocycles. The highest BCUT2D eigenvalue weighted by Crippen LogP contribution is 2.20. The molecule has 0 saturated carbocycles. The molecule has 1 amide bonds. The summed E-state index contributed by atoms with van der Waals surface area (Å²) < 4.78 is 5.77. The Morgan fingerprint density at radius 1 is 0.957 bits per heavy atom. The molecule has 3 nitrogen and oxygen atoms in total. The molecule has 0 aliphatic rings. The number of benzene rings is 3. The predicted molar refractivity (Wildman–Crippen MR) is 93.7 cm³/mol. The summed E-state index contributed by atoms with van der Waals surface area (Å²) in [6.07, 6.45) is 0.0952. The molecule has 0 saturated heterocycles. The van der Waals surface area contributed by atoms with Crippen LogP contribution in [0.15, 0.2) is 72.8 Å². The summed E-state index contributed by atoms with van der Waals surface area (Å²) in [6.45, 7) is 1.94. The minimum absolute atomic E-state index is 0.133. The van der Waals surface area contributed by atoms with E-state index in [4.69, 9.17) is 4.74 Å². The van der Waals surface area contributed by atoms with Crippen molar-refractivity contribution in [3.63, 3.8) is 0 Å². The highest BCUT2D eigenvalue weighted by Gasteiger charge is 2.18. The van der Waals surface area contributed by atoms with E-state index in [0.717, 1.165) is 16.5 Å². The quantitative estimate of drug-likeness (QED) is 0.746. The van der Waals surface area contributed by atoms with Gasteiger partial charge in [0.1, 0.15) is 5.75 Å². The van der Waals surface area contributed by atoms with Crippen molar-refractivity contribution in [1.29, 1.82) is 0 Å². The normalized spacial score (nSPS) is 11.9. The van der Waals surface area contributed by atoms with Crippen molar-refractivity contribution >= 4 is 22.4 Å². The lowest BCUT2D eigenvalue weighted by Crippen LogP contribution is -2.32. The molecule has 0 aliphatic carbocycles. The van der Waals surface area contributed by atoms with E-state index in [1.54, 1.807) is 0 Å². The maximum Gasteiger partial charge on any atom is 0.265 e. The van der Waals surface area contributed by atoms with Crippen LogP contribution in [0.4, 0.5) is 5.69 Å². The first-order valence-corrected chi connectivity index (χ1v) is 7.77. The Hall–Kier alpha value is -2.81. The minimum atomic E-state index is -0.510. The summed E-state index contributed by atoms with van der Waals surface area (Å²) >= 11 is 0. The second kappa shape index (κ2) is 6.97. The van der Waals surface area contributed by atoms with Gasteiger partial charge in [0, 0.05) is 5.69 Å². The molecule has 3 aromatic rings. The van der Waals surface area contributed by atoms with Crippen LogP contribution in [0.5, 0.6) is 5.75 Å². The summed E-state index contributed by atoms with van der Waals surface area (Å²) in [4.78, 5) is 12.4. The number of hydrogen-bond donors (Lipinski definition) is 1. The first-order chi connectivity index (χ1) is 11.3. The molecule has 0 bridgehead atoms. The summed E-state index contributed by atoms with van der Waals surface area (Å²) in [5.41, 5.74) is 0.781. The van der Waals surface area contributed by atoms with Crippen LogP contribution in [-0.2, 0) is 4.79 Å². The molecule has 0 radical (unpaired) electrons. The average molecular weight is 305 g/mol. The number of para-hydroxylation sites is 1. The summed E-state index contributed by atoms with van der Waals surface area (Å²) in [5.74, 6) is 0.569. The van der Waals surface area contributed by atoms with Crippen LogP contribution in [0.2, 0.25) is 0 Å². The van der Waals surface area contributed by atoms with Gasteiger partial charge in [0.25, 0.3) is 5.91 Å². The van der Waals surface area contributed by atoms with Gasteiger partial charge < -0.3 is 10.1 Å². The molecule has 0 spiro atoms. The van der Waals surface area contributed by atoms with Crippen LogP contribution in [0.1, 0.15) is 13.3 Å². The molecular formula is C20H19NO2. The number of carbonyl (C=O) groups excluding carboxylic acids is 1. The molecule has 0 aliphatic heterocycles. The second-order valence-electron chi connectivity index (χ2n) is 5.38. The Bertz CT molecular complexity index is 799. The van der Waals surface area contributed by atoms with Crippen molar-refractivity contribution in [2.24, 2.45) is 0 Å². The van der Waals surface area contributed by atoms with Gasteiger partial charge in [-0.05, 0) is 41.5 Å². The van der Waals surface area contributed by atoms with Gasteiger partial charge in [-0.25, -0.2) is 0 Å². The van der Waals surface area contributed by atoms with Crippen LogP contribution in [0.3, 0.4) is 0 Å². The van der Waals surface area contributed by atoms with Crippen LogP contribution in [-0.4, -0.2) is 12.0 Å². The Labute approximate surface area is 135 Å². The molecule has 1 N–H and O–H groups in total. The largest absolute Gasteiger partial charge is 0.481 e. The highest BCUT2D eigenvalue weighted by molar-refractivity contribution is 5.96. The Kier molecular flexibility index (Phi) is 4.57. The van der Waals surface area contributed by atoms with E-state index in [9.17, 15) is 4.79 Å². The minimum Gasteiger partial charge on any atom is -0.481 e. The fraction of sp³-hybridized carbons (Fsp3) is 0.150. The third-order valence-corrected chi connectivity index (χ3v) is 3.70. The van der Waals surface area contributed by atoms with Crippen LogP contribution in [0.25, 0.3) is 10.8 Å². The molecule has 23 heavy (non-hydrogen) atoms. The van der Waals surface area contributed by atoms with Gasteiger partial charge in [0.15, 0.2) is 6.10 Å². The second-order valence-corrected chi connectivity index (χ2v) is 5.38. The van der Waals surface area contributed by atoms with E-state index in [-0.39, 0.29) is 5.91 Å². The molecule has 0 unspecified atom stereocenters. The Morgan fingerprint density at radius 2 is 1.65 bits per heavy atom. The number of rotatable bonds is 5. The molecule has 116 valence electrons. The van der Waals surface area contributed by atoms with E-state index in [0.29, 0.717) is 12.2 Å². The number of ether oxygens (including phenoxy) is 1. The molecule has 0 fully saturated rings. The first kappa shape index (κ1) is 15.1. The summed E-state index contributed by atoms with van der Waals surface area (Å²) in [5, 5.41) is 5.19. The predicted octanol–water partition coefficient (Wildman–Crippen LogP) is 4.64. The SMILES string of the molecule is CC[C@@H](Oc1ccccc1)C(=O)Nc1ccc2ccccc2c1. The van der Waals surface area contributed by atoms with Crippen molar-refractivity contribution in [3.8, 4) is 5.75 Å². The maximum atomic E-state index is 12.4. The van der Waals surface area contributed by atoms with Crippen LogP contribution < -0.4 is 10.1 Å². The number of fused-ring (bicyclic) bond motifs is 1. The molecular weight excluding hydrogens is 286 g/mol. The standard InChI is InChI=1S/C20H19NO2/c1-2-19(23-18-10-4-3-5-11-18)20(22)21-17-13-12-15-8-6-7-9-16(15)14-17/h3-14,19H,2H2,1H3,(H,21,22)/t19-/m1/s1. The fourth-order valence-electron chi connectivity index (χ4n) is 2.48. The smallest absolute Gasteiger partial charge is 0.265 e. The van der Waals surface area contributed by atoms with E-state index >= 15 is 0 Å². The topological polar surface area (TPSA) is 38.3 Å². The van der Waals surface area contributed by atoms with Gasteiger partial charge in [-0.1, -0.05) is 55.5 Å². The van der Waals surface area contributed by atoms with Crippen molar-refractivity contribution in [2.75, 3.05) is 5.32 Å². The summed E-state index contributed by atoms with van der Waals surface area (Å²) in [7, 11) is 0. The van der Waals surface area contributed by atoms with Gasteiger partial charge in [-0.3, -0.25) is 4.79 Å². The Morgan fingerprint density at radius 3 is 2.39 bits per heavy atom. The van der Waals surface area contributed by atoms with Gasteiger partial charge in [-0.2, -0.15) is 0 Å². The molecule has 0 aromatic heterocycles. The van der Waals surface area contributed by atoms with Gasteiger partial charge in [-0.15, -0.1) is 0 Å². The van der Waals surface area contributed by atoms with Crippen LogP contribution >= 0.6 is 0 Å². The van der Waals surface area contributed by atoms with Gasteiger partial charge >= 0.3 is 0 Å². The van der Waals surface area contributed by atoms with Crippen molar-refractivity contribution in [3.05, 3.63) is 72.8 Å². The molecule has 0 heterocycles. The number of carbonyl (C=O) groups is 1. The van der Waals surface area contributed by atoms with Crippen LogP contribution in [0, 0.1) is 0 Å². The van der Waals surface area contributed by atoms with Gasteiger partial charge in [0.2, 0.25) is 0 Å². The van der Waals surface area contributed by atoms with Crippen molar-refractivity contribution < 1.29 is 9.53 Å². The zero-order valence-corrected chi connectivity index (χ0v) is 13.0. The average Bonchev–Trinajstić information content (AvgIpc) is 2.60. The highest BCUT2D eigenvalue weighted by atomic mass is 16.5. The molecule has 1 atom stereocenters. The first-order valence-electron chi connectivity index (χ1n) is 7.77. The van der Waals surface area contributed by atoms with E-state index in [1.807, 2.05) is 79.7 Å². The van der Waals surface area contributed by atoms with Crippen molar-refractivity contribution in [1.82, 2.24) is 0 Å². The monoisotopic (exact) mass is 305 g/mol. The number of amides is 1. The fourth-order valence-corrected chi connectivity index (χ4v) is 2.48. The Balaban J connectivity index is 1.73.